The standard InChI is InChI=1S/C21H16FNO5/c22-13-6-8-14(9-7-13)23-19(25)15-10-5-12(11-16(15)20(23)26)21(27)28-18-4-2-1-3-17(18)24/h5-11,18H,1-4H2/t18-/m0/s1. The number of imide groups is 1. The lowest BCUT2D eigenvalue weighted by molar-refractivity contribution is -0.129. The Bertz CT molecular complexity index is 998. The lowest BCUT2D eigenvalue weighted by atomic mass is 9.96. The second kappa shape index (κ2) is 6.99. The van der Waals surface area contributed by atoms with Gasteiger partial charge in [-0.2, -0.15) is 0 Å². The van der Waals surface area contributed by atoms with Crippen LogP contribution in [-0.4, -0.2) is 29.7 Å². The highest BCUT2D eigenvalue weighted by atomic mass is 19.1. The predicted molar refractivity (Wildman–Crippen MR) is 96.7 cm³/mol. The molecule has 1 heterocycles. The van der Waals surface area contributed by atoms with E-state index in [4.69, 9.17) is 4.74 Å². The van der Waals surface area contributed by atoms with Crippen LogP contribution >= 0.6 is 0 Å². The quantitative estimate of drug-likeness (QED) is 0.602. The van der Waals surface area contributed by atoms with Crippen LogP contribution in [0.3, 0.4) is 0 Å². The van der Waals surface area contributed by atoms with Gasteiger partial charge in [-0.05, 0) is 61.7 Å². The molecule has 2 amide bonds. The van der Waals surface area contributed by atoms with Crippen molar-refractivity contribution in [3.8, 4) is 0 Å². The molecule has 2 aromatic carbocycles. The van der Waals surface area contributed by atoms with Gasteiger partial charge in [-0.3, -0.25) is 14.4 Å². The van der Waals surface area contributed by atoms with E-state index in [1.165, 1.54) is 30.3 Å². The maximum absolute atomic E-state index is 13.1. The summed E-state index contributed by atoms with van der Waals surface area (Å²) >= 11 is 0. The molecule has 142 valence electrons. The number of esters is 1. The zero-order valence-electron chi connectivity index (χ0n) is 14.8. The fourth-order valence-electron chi connectivity index (χ4n) is 3.47. The Labute approximate surface area is 159 Å². The minimum Gasteiger partial charge on any atom is -0.451 e. The average Bonchev–Trinajstić information content (AvgIpc) is 2.94. The van der Waals surface area contributed by atoms with Crippen molar-refractivity contribution in [1.82, 2.24) is 0 Å². The third-order valence-electron chi connectivity index (χ3n) is 4.95. The summed E-state index contributed by atoms with van der Waals surface area (Å²) in [6.45, 7) is 0. The van der Waals surface area contributed by atoms with Gasteiger partial charge >= 0.3 is 5.97 Å². The van der Waals surface area contributed by atoms with Crippen LogP contribution in [0.4, 0.5) is 10.1 Å². The van der Waals surface area contributed by atoms with Crippen LogP contribution in [0.5, 0.6) is 0 Å². The van der Waals surface area contributed by atoms with Crippen molar-refractivity contribution < 1.29 is 28.3 Å². The highest BCUT2D eigenvalue weighted by Gasteiger charge is 2.37. The molecule has 1 aliphatic heterocycles. The molecule has 0 unspecified atom stereocenters. The molecule has 0 bridgehead atoms. The van der Waals surface area contributed by atoms with Crippen LogP contribution in [-0.2, 0) is 9.53 Å². The number of nitrogens with zero attached hydrogens (tertiary/aromatic N) is 1. The topological polar surface area (TPSA) is 80.8 Å². The van der Waals surface area contributed by atoms with E-state index < -0.39 is 29.7 Å². The Hall–Kier alpha value is -3.35. The summed E-state index contributed by atoms with van der Waals surface area (Å²) in [6.07, 6.45) is 1.73. The average molecular weight is 381 g/mol. The molecule has 0 radical (unpaired) electrons. The maximum Gasteiger partial charge on any atom is 0.338 e. The highest BCUT2D eigenvalue weighted by molar-refractivity contribution is 6.34. The number of hydrogen-bond donors (Lipinski definition) is 0. The number of fused-ring (bicyclic) bond motifs is 1. The molecule has 0 saturated heterocycles. The van der Waals surface area contributed by atoms with Gasteiger partial charge in [0, 0.05) is 6.42 Å². The minimum atomic E-state index is -0.762. The summed E-state index contributed by atoms with van der Waals surface area (Å²) < 4.78 is 18.4. The number of ketones is 1. The molecule has 2 aromatic rings. The van der Waals surface area contributed by atoms with Gasteiger partial charge in [0.05, 0.1) is 22.4 Å². The molecule has 7 heteroatoms. The Morgan fingerprint density at radius 1 is 0.964 bits per heavy atom. The van der Waals surface area contributed by atoms with Crippen LogP contribution in [0.1, 0.15) is 56.8 Å². The zero-order chi connectivity index (χ0) is 19.8. The number of amides is 2. The van der Waals surface area contributed by atoms with E-state index in [-0.39, 0.29) is 28.2 Å². The van der Waals surface area contributed by atoms with Gasteiger partial charge in [-0.1, -0.05) is 0 Å². The van der Waals surface area contributed by atoms with E-state index in [0.717, 1.165) is 29.9 Å². The fourth-order valence-corrected chi connectivity index (χ4v) is 3.47. The SMILES string of the molecule is O=C(O[C@H]1CCCCC1=O)c1ccc2c(c1)C(=O)N(c1ccc(F)cc1)C2=O. The second-order valence-electron chi connectivity index (χ2n) is 6.79. The largest absolute Gasteiger partial charge is 0.451 e. The number of Topliss-reactive ketones (excluding diaryl/α,β-unsaturated/α-hetero) is 1. The summed E-state index contributed by atoms with van der Waals surface area (Å²) in [5, 5.41) is 0. The summed E-state index contributed by atoms with van der Waals surface area (Å²) in [7, 11) is 0. The molecule has 28 heavy (non-hydrogen) atoms. The monoisotopic (exact) mass is 381 g/mol. The van der Waals surface area contributed by atoms with Crippen molar-refractivity contribution in [1.29, 1.82) is 0 Å². The van der Waals surface area contributed by atoms with Crippen LogP contribution in [0.2, 0.25) is 0 Å². The second-order valence-corrected chi connectivity index (χ2v) is 6.79. The highest BCUT2D eigenvalue weighted by Crippen LogP contribution is 2.29. The first kappa shape index (κ1) is 18.0. The number of rotatable bonds is 3. The Morgan fingerprint density at radius 2 is 1.68 bits per heavy atom. The number of ether oxygens (including phenoxy) is 1. The summed E-state index contributed by atoms with van der Waals surface area (Å²) in [5.74, 6) is -2.44. The zero-order valence-corrected chi connectivity index (χ0v) is 14.8. The Kier molecular flexibility index (Phi) is 4.50. The van der Waals surface area contributed by atoms with Crippen molar-refractivity contribution in [2.45, 2.75) is 31.8 Å². The van der Waals surface area contributed by atoms with Gasteiger partial charge in [-0.25, -0.2) is 14.1 Å². The van der Waals surface area contributed by atoms with E-state index in [1.54, 1.807) is 0 Å². The molecular weight excluding hydrogens is 365 g/mol. The molecule has 1 atom stereocenters. The van der Waals surface area contributed by atoms with E-state index >= 15 is 0 Å². The first-order chi connectivity index (χ1) is 13.5. The van der Waals surface area contributed by atoms with Gasteiger partial charge in [0.2, 0.25) is 0 Å². The number of carbonyl (C=O) groups excluding carboxylic acids is 4. The molecule has 0 spiro atoms. The van der Waals surface area contributed by atoms with Gasteiger partial charge in [0.15, 0.2) is 11.9 Å². The molecule has 6 nitrogen and oxygen atoms in total. The lowest BCUT2D eigenvalue weighted by Crippen LogP contribution is -2.30. The van der Waals surface area contributed by atoms with E-state index in [2.05, 4.69) is 0 Å². The van der Waals surface area contributed by atoms with E-state index in [0.29, 0.717) is 12.8 Å². The summed E-state index contributed by atoms with van der Waals surface area (Å²) in [5.41, 5.74) is 0.558. The van der Waals surface area contributed by atoms with Gasteiger partial charge in [-0.15, -0.1) is 0 Å². The number of anilines is 1. The van der Waals surface area contributed by atoms with E-state index in [9.17, 15) is 23.6 Å². The number of hydrogen-bond acceptors (Lipinski definition) is 5. The summed E-state index contributed by atoms with van der Waals surface area (Å²) in [4.78, 5) is 50.5. The van der Waals surface area contributed by atoms with Crippen LogP contribution < -0.4 is 4.90 Å². The van der Waals surface area contributed by atoms with E-state index in [1.807, 2.05) is 0 Å². The van der Waals surface area contributed by atoms with Crippen molar-refractivity contribution in [2.75, 3.05) is 4.90 Å². The van der Waals surface area contributed by atoms with Crippen molar-refractivity contribution >= 4 is 29.3 Å². The first-order valence-electron chi connectivity index (χ1n) is 8.98. The molecule has 0 N–H and O–H groups in total. The van der Waals surface area contributed by atoms with Gasteiger partial charge in [0.25, 0.3) is 11.8 Å². The van der Waals surface area contributed by atoms with Gasteiger partial charge < -0.3 is 4.74 Å². The molecule has 0 aromatic heterocycles. The molecule has 2 aliphatic rings. The smallest absolute Gasteiger partial charge is 0.338 e. The Morgan fingerprint density at radius 3 is 2.39 bits per heavy atom. The number of benzene rings is 2. The summed E-state index contributed by atoms with van der Waals surface area (Å²) in [6, 6.07) is 9.06. The third-order valence-corrected chi connectivity index (χ3v) is 4.95. The fraction of sp³-hybridized carbons (Fsp3) is 0.238. The molecule has 1 saturated carbocycles. The van der Waals surface area contributed by atoms with Crippen molar-refractivity contribution in [3.63, 3.8) is 0 Å². The molecule has 4 rings (SSSR count). The molecule has 1 fully saturated rings. The lowest BCUT2D eigenvalue weighted by Gasteiger charge is -2.20. The molecule has 1 aliphatic carbocycles. The normalized spacial score (nSPS) is 19.0. The van der Waals surface area contributed by atoms with Crippen LogP contribution in [0.25, 0.3) is 0 Å². The third kappa shape index (κ3) is 3.09. The molecular formula is C21H16FNO5. The maximum atomic E-state index is 13.1. The van der Waals surface area contributed by atoms with Crippen molar-refractivity contribution in [2.24, 2.45) is 0 Å². The first-order valence-corrected chi connectivity index (χ1v) is 8.98. The van der Waals surface area contributed by atoms with Crippen LogP contribution in [0, 0.1) is 5.82 Å². The minimum absolute atomic E-state index is 0.0683. The number of halogens is 1. The van der Waals surface area contributed by atoms with Crippen LogP contribution in [0.15, 0.2) is 42.5 Å². The number of carbonyl (C=O) groups is 4. The van der Waals surface area contributed by atoms with Gasteiger partial charge in [0.1, 0.15) is 5.82 Å². The van der Waals surface area contributed by atoms with Crippen molar-refractivity contribution in [3.05, 3.63) is 65.0 Å². The Balaban J connectivity index is 1.59. The predicted octanol–water partition coefficient (Wildman–Crippen LogP) is 3.29.